The maximum Gasteiger partial charge on any atom is 0.264 e. The van der Waals surface area contributed by atoms with E-state index in [0.29, 0.717) is 29.6 Å². The fourth-order valence-corrected chi connectivity index (χ4v) is 4.43. The molecule has 1 N–H and O–H groups in total. The van der Waals surface area contributed by atoms with Crippen LogP contribution in [0.3, 0.4) is 0 Å². The van der Waals surface area contributed by atoms with E-state index in [-0.39, 0.29) is 18.6 Å². The van der Waals surface area contributed by atoms with Crippen LogP contribution in [0.1, 0.15) is 30.9 Å². The summed E-state index contributed by atoms with van der Waals surface area (Å²) >= 11 is 12.3. The lowest BCUT2D eigenvalue weighted by Gasteiger charge is -2.42. The number of hydrogen-bond acceptors (Lipinski definition) is 6. The van der Waals surface area contributed by atoms with E-state index >= 15 is 0 Å². The monoisotopic (exact) mass is 450 g/mol. The molecule has 0 spiro atoms. The van der Waals surface area contributed by atoms with Gasteiger partial charge in [-0.1, -0.05) is 29.3 Å². The second-order valence-corrected chi connectivity index (χ2v) is 9.48. The number of nitrogens with one attached hydrogen (secondary N) is 1. The number of ether oxygens (including phenoxy) is 1. The fraction of sp³-hybridized carbons (Fsp3) is 0.611. The zero-order valence-corrected chi connectivity index (χ0v) is 17.9. The van der Waals surface area contributed by atoms with Gasteiger partial charge in [0.15, 0.2) is 0 Å². The molecule has 2 heterocycles. The molecule has 1 amide bonds. The number of carbonyl (C=O) groups is 1. The van der Waals surface area contributed by atoms with Crippen LogP contribution in [0.2, 0.25) is 10.0 Å². The molecule has 1 aromatic rings. The quantitative estimate of drug-likeness (QED) is 0.669. The normalized spacial score (nSPS) is 25.8. The summed E-state index contributed by atoms with van der Waals surface area (Å²) in [5.74, 6) is 0.0194. The Kier molecular flexibility index (Phi) is 7.22. The van der Waals surface area contributed by atoms with Crippen LogP contribution in [-0.4, -0.2) is 63.9 Å². The second-order valence-electron chi connectivity index (χ2n) is 7.02. The first-order chi connectivity index (χ1) is 13.3. The van der Waals surface area contributed by atoms with E-state index < -0.39 is 22.3 Å². The van der Waals surface area contributed by atoms with E-state index in [9.17, 15) is 13.2 Å². The van der Waals surface area contributed by atoms with Gasteiger partial charge in [-0.2, -0.15) is 8.42 Å². The van der Waals surface area contributed by atoms with Gasteiger partial charge in [0.1, 0.15) is 0 Å². The minimum absolute atomic E-state index is 0.0194. The highest BCUT2D eigenvalue weighted by atomic mass is 35.5. The largest absolute Gasteiger partial charge is 0.374 e. The van der Waals surface area contributed by atoms with Crippen molar-refractivity contribution in [2.75, 3.05) is 32.6 Å². The zero-order chi connectivity index (χ0) is 20.3. The van der Waals surface area contributed by atoms with Gasteiger partial charge in [0, 0.05) is 13.0 Å². The molecule has 0 radical (unpaired) electrons. The molecule has 0 bridgehead atoms. The molecular formula is C18H24Cl2N2O5S. The summed E-state index contributed by atoms with van der Waals surface area (Å²) in [4.78, 5) is 14.9. The van der Waals surface area contributed by atoms with Crippen molar-refractivity contribution in [1.29, 1.82) is 0 Å². The highest BCUT2D eigenvalue weighted by molar-refractivity contribution is 7.85. The van der Waals surface area contributed by atoms with E-state index in [1.807, 2.05) is 6.07 Å². The van der Waals surface area contributed by atoms with E-state index in [0.717, 1.165) is 31.2 Å². The molecule has 2 fully saturated rings. The van der Waals surface area contributed by atoms with E-state index in [2.05, 4.69) is 5.32 Å². The van der Waals surface area contributed by atoms with Crippen molar-refractivity contribution < 1.29 is 22.1 Å². The molecule has 10 heteroatoms. The van der Waals surface area contributed by atoms with Crippen molar-refractivity contribution in [3.63, 3.8) is 0 Å². The zero-order valence-electron chi connectivity index (χ0n) is 15.6. The van der Waals surface area contributed by atoms with Gasteiger partial charge >= 0.3 is 0 Å². The Labute approximate surface area is 175 Å². The SMILES string of the molecule is CS(=O)(=O)OCC[C@H]1OCCN(C(=O)[C@@H]2CCCN2)C1c1ccc(Cl)c(Cl)c1. The molecule has 3 rings (SSSR count). The Morgan fingerprint density at radius 3 is 2.79 bits per heavy atom. The first-order valence-corrected chi connectivity index (χ1v) is 11.8. The minimum atomic E-state index is -3.55. The van der Waals surface area contributed by atoms with Crippen LogP contribution >= 0.6 is 23.2 Å². The number of halogens is 2. The van der Waals surface area contributed by atoms with Crippen LogP contribution in [0.25, 0.3) is 0 Å². The molecular weight excluding hydrogens is 427 g/mol. The highest BCUT2D eigenvalue weighted by Gasteiger charge is 2.39. The van der Waals surface area contributed by atoms with Crippen LogP contribution in [0.4, 0.5) is 0 Å². The third kappa shape index (κ3) is 5.37. The Bertz CT molecular complexity index is 814. The van der Waals surface area contributed by atoms with E-state index in [1.165, 1.54) is 0 Å². The van der Waals surface area contributed by atoms with Crippen molar-refractivity contribution in [2.24, 2.45) is 0 Å². The van der Waals surface area contributed by atoms with Crippen molar-refractivity contribution in [1.82, 2.24) is 10.2 Å². The van der Waals surface area contributed by atoms with Crippen molar-refractivity contribution in [3.05, 3.63) is 33.8 Å². The predicted octanol–water partition coefficient (Wildman–Crippen LogP) is 2.38. The highest BCUT2D eigenvalue weighted by Crippen LogP contribution is 2.35. The fourth-order valence-electron chi connectivity index (χ4n) is 3.72. The number of rotatable bonds is 6. The van der Waals surface area contributed by atoms with Crippen LogP contribution in [-0.2, 0) is 23.8 Å². The molecule has 0 aliphatic carbocycles. The molecule has 1 unspecified atom stereocenters. The van der Waals surface area contributed by atoms with Crippen LogP contribution in [0, 0.1) is 0 Å². The van der Waals surface area contributed by atoms with E-state index in [4.69, 9.17) is 32.1 Å². The van der Waals surface area contributed by atoms with Crippen LogP contribution < -0.4 is 5.32 Å². The topological polar surface area (TPSA) is 84.9 Å². The smallest absolute Gasteiger partial charge is 0.264 e. The van der Waals surface area contributed by atoms with Gasteiger partial charge in [0.2, 0.25) is 5.91 Å². The maximum atomic E-state index is 13.1. The Balaban J connectivity index is 1.86. The predicted molar refractivity (Wildman–Crippen MR) is 107 cm³/mol. The standard InChI is InChI=1S/C18H24Cl2N2O5S/c1-28(24,25)27-9-6-16-17(12-4-5-13(19)14(20)11-12)22(8-10-26-16)18(23)15-3-2-7-21-15/h4-5,11,15-17,21H,2-3,6-10H2,1H3/t15-,16+,17?/m0/s1. The number of hydrogen-bond donors (Lipinski definition) is 1. The van der Waals surface area contributed by atoms with E-state index in [1.54, 1.807) is 17.0 Å². The van der Waals surface area contributed by atoms with Crippen molar-refractivity contribution in [2.45, 2.75) is 37.5 Å². The number of nitrogens with zero attached hydrogens (tertiary/aromatic N) is 1. The number of amides is 1. The maximum absolute atomic E-state index is 13.1. The summed E-state index contributed by atoms with van der Waals surface area (Å²) in [7, 11) is -3.55. The summed E-state index contributed by atoms with van der Waals surface area (Å²) in [6.07, 6.45) is 2.67. The van der Waals surface area contributed by atoms with Gasteiger partial charge in [0.25, 0.3) is 10.1 Å². The van der Waals surface area contributed by atoms with Crippen LogP contribution in [0.5, 0.6) is 0 Å². The van der Waals surface area contributed by atoms with Gasteiger partial charge in [-0.15, -0.1) is 0 Å². The van der Waals surface area contributed by atoms with Crippen LogP contribution in [0.15, 0.2) is 18.2 Å². The molecule has 2 aliphatic heterocycles. The lowest BCUT2D eigenvalue weighted by molar-refractivity contribution is -0.149. The average Bonchev–Trinajstić information content (AvgIpc) is 3.17. The third-order valence-corrected chi connectivity index (χ3v) is 6.31. The lowest BCUT2D eigenvalue weighted by atomic mass is 9.95. The molecule has 3 atom stereocenters. The van der Waals surface area contributed by atoms with Gasteiger partial charge in [0.05, 0.1) is 47.7 Å². The molecule has 28 heavy (non-hydrogen) atoms. The summed E-state index contributed by atoms with van der Waals surface area (Å²) in [6.45, 7) is 1.63. The summed E-state index contributed by atoms with van der Waals surface area (Å²) in [5.41, 5.74) is 0.796. The number of carbonyl (C=O) groups excluding carboxylic acids is 1. The third-order valence-electron chi connectivity index (χ3n) is 4.98. The Hall–Kier alpha value is -0.900. The number of morpholine rings is 1. The molecule has 156 valence electrons. The lowest BCUT2D eigenvalue weighted by Crippen LogP contribution is -2.53. The summed E-state index contributed by atoms with van der Waals surface area (Å²) in [6, 6.07) is 4.63. The van der Waals surface area contributed by atoms with Crippen molar-refractivity contribution in [3.8, 4) is 0 Å². The Morgan fingerprint density at radius 2 is 2.14 bits per heavy atom. The van der Waals surface area contributed by atoms with Gasteiger partial charge in [-0.05, 0) is 37.1 Å². The minimum Gasteiger partial charge on any atom is -0.374 e. The van der Waals surface area contributed by atoms with Gasteiger partial charge in [-0.25, -0.2) is 0 Å². The summed E-state index contributed by atoms with van der Waals surface area (Å²) in [5, 5.41) is 4.06. The van der Waals surface area contributed by atoms with Gasteiger partial charge < -0.3 is 15.0 Å². The first kappa shape index (κ1) is 21.8. The molecule has 2 aliphatic rings. The van der Waals surface area contributed by atoms with Crippen molar-refractivity contribution >= 4 is 39.2 Å². The molecule has 0 saturated carbocycles. The molecule has 1 aromatic carbocycles. The van der Waals surface area contributed by atoms with Gasteiger partial charge in [-0.3, -0.25) is 8.98 Å². The molecule has 0 aromatic heterocycles. The second kappa shape index (κ2) is 9.28. The number of benzene rings is 1. The molecule has 7 nitrogen and oxygen atoms in total. The Morgan fingerprint density at radius 1 is 1.36 bits per heavy atom. The summed E-state index contributed by atoms with van der Waals surface area (Å²) < 4.78 is 33.4. The first-order valence-electron chi connectivity index (χ1n) is 9.21. The average molecular weight is 451 g/mol. The molecule has 2 saturated heterocycles.